The first-order chi connectivity index (χ1) is 13.0. The standard InChI is InChI=1S/C16H16F3N7O2/c1-24-13-11(14(27)25(2)15(24)28)22-12(23-13)10(20)7-26(21)9-5-3-8(4-6-9)16(17,18)19/h3-7H,20-21H2,1-2H3,(H,22,23)/b10-7-. The molecule has 12 heteroatoms. The van der Waals surface area contributed by atoms with Gasteiger partial charge in [-0.2, -0.15) is 13.2 Å². The third-order valence-corrected chi connectivity index (χ3v) is 4.14. The van der Waals surface area contributed by atoms with Crippen LogP contribution in [0.25, 0.3) is 16.9 Å². The third-order valence-electron chi connectivity index (χ3n) is 4.14. The van der Waals surface area contributed by atoms with Gasteiger partial charge in [-0.25, -0.2) is 15.6 Å². The average molecular weight is 395 g/mol. The van der Waals surface area contributed by atoms with Gasteiger partial charge in [-0.15, -0.1) is 0 Å². The Bertz CT molecular complexity index is 1190. The summed E-state index contributed by atoms with van der Waals surface area (Å²) >= 11 is 0. The van der Waals surface area contributed by atoms with E-state index in [-0.39, 0.29) is 28.4 Å². The molecular formula is C16H16F3N7O2. The van der Waals surface area contributed by atoms with Crippen LogP contribution in [0, 0.1) is 0 Å². The highest BCUT2D eigenvalue weighted by atomic mass is 19.4. The van der Waals surface area contributed by atoms with E-state index in [1.807, 2.05) is 0 Å². The maximum Gasteiger partial charge on any atom is 0.416 e. The number of nitrogens with two attached hydrogens (primary N) is 2. The molecule has 0 aliphatic rings. The molecule has 0 amide bonds. The van der Waals surface area contributed by atoms with Crippen molar-refractivity contribution < 1.29 is 13.2 Å². The van der Waals surface area contributed by atoms with Gasteiger partial charge in [0.1, 0.15) is 5.52 Å². The second-order valence-corrected chi connectivity index (χ2v) is 6.03. The van der Waals surface area contributed by atoms with Crippen molar-refractivity contribution in [3.63, 3.8) is 0 Å². The number of aryl methyl sites for hydroxylation is 1. The number of hydrogen-bond donors (Lipinski definition) is 3. The maximum absolute atomic E-state index is 12.6. The number of nitrogens with one attached hydrogen (secondary N) is 1. The van der Waals surface area contributed by atoms with Crippen LogP contribution in [0.1, 0.15) is 11.4 Å². The number of H-pyrrole nitrogens is 1. The summed E-state index contributed by atoms with van der Waals surface area (Å²) in [4.78, 5) is 31.0. The highest BCUT2D eigenvalue weighted by Crippen LogP contribution is 2.30. The van der Waals surface area contributed by atoms with E-state index < -0.39 is 23.0 Å². The molecule has 0 bridgehead atoms. The van der Waals surface area contributed by atoms with Crippen LogP contribution in [-0.2, 0) is 20.3 Å². The van der Waals surface area contributed by atoms with Crippen LogP contribution in [0.2, 0.25) is 0 Å². The molecule has 0 saturated heterocycles. The Balaban J connectivity index is 1.97. The number of fused-ring (bicyclic) bond motifs is 1. The molecule has 0 spiro atoms. The Hall–Kier alpha value is -3.54. The number of hydrogen-bond acceptors (Lipinski definition) is 6. The van der Waals surface area contributed by atoms with E-state index in [1.165, 1.54) is 37.0 Å². The predicted molar refractivity (Wildman–Crippen MR) is 96.9 cm³/mol. The molecule has 0 aliphatic heterocycles. The quantitative estimate of drug-likeness (QED) is 0.441. The zero-order valence-electron chi connectivity index (χ0n) is 14.8. The second kappa shape index (κ2) is 6.56. The van der Waals surface area contributed by atoms with Gasteiger partial charge in [0.05, 0.1) is 16.9 Å². The Morgan fingerprint density at radius 3 is 2.36 bits per heavy atom. The lowest BCUT2D eigenvalue weighted by atomic mass is 10.2. The summed E-state index contributed by atoms with van der Waals surface area (Å²) in [6.45, 7) is 0. The molecule has 0 fully saturated rings. The van der Waals surface area contributed by atoms with Crippen LogP contribution in [0.3, 0.4) is 0 Å². The number of aromatic amines is 1. The fraction of sp³-hybridized carbons (Fsp3) is 0.188. The molecule has 3 rings (SSSR count). The molecule has 28 heavy (non-hydrogen) atoms. The van der Waals surface area contributed by atoms with E-state index in [9.17, 15) is 22.8 Å². The lowest BCUT2D eigenvalue weighted by Crippen LogP contribution is -2.36. The Morgan fingerprint density at radius 1 is 1.18 bits per heavy atom. The number of rotatable bonds is 3. The van der Waals surface area contributed by atoms with Gasteiger partial charge < -0.3 is 10.7 Å². The SMILES string of the molecule is Cn1c(=O)c2[nH]c(/C(N)=C/N(N)c3ccc(C(F)(F)F)cc3)nc2n(C)c1=O. The van der Waals surface area contributed by atoms with Crippen LogP contribution in [-0.4, -0.2) is 19.1 Å². The number of anilines is 1. The zero-order valence-corrected chi connectivity index (χ0v) is 14.8. The van der Waals surface area contributed by atoms with Gasteiger partial charge in [0.2, 0.25) is 0 Å². The van der Waals surface area contributed by atoms with E-state index in [1.54, 1.807) is 0 Å². The monoisotopic (exact) mass is 395 g/mol. The van der Waals surface area contributed by atoms with Crippen molar-refractivity contribution in [2.45, 2.75) is 6.18 Å². The van der Waals surface area contributed by atoms with Crippen molar-refractivity contribution in [1.82, 2.24) is 19.1 Å². The van der Waals surface area contributed by atoms with Crippen molar-refractivity contribution in [2.75, 3.05) is 5.01 Å². The van der Waals surface area contributed by atoms with E-state index in [2.05, 4.69) is 9.97 Å². The van der Waals surface area contributed by atoms with Crippen LogP contribution < -0.4 is 27.8 Å². The molecule has 0 saturated carbocycles. The molecule has 2 aromatic heterocycles. The lowest BCUT2D eigenvalue weighted by Gasteiger charge is -2.15. The molecule has 0 aliphatic carbocycles. The number of imidazole rings is 1. The molecule has 9 nitrogen and oxygen atoms in total. The third kappa shape index (κ3) is 3.24. The molecular weight excluding hydrogens is 379 g/mol. The van der Waals surface area contributed by atoms with Crippen molar-refractivity contribution >= 4 is 22.5 Å². The summed E-state index contributed by atoms with van der Waals surface area (Å²) in [6.07, 6.45) is -3.23. The fourth-order valence-corrected chi connectivity index (χ4v) is 2.57. The van der Waals surface area contributed by atoms with Gasteiger partial charge in [0.15, 0.2) is 11.5 Å². The summed E-state index contributed by atoms with van der Waals surface area (Å²) in [5.74, 6) is 5.91. The first-order valence-corrected chi connectivity index (χ1v) is 7.85. The first-order valence-electron chi connectivity index (χ1n) is 7.85. The predicted octanol–water partition coefficient (Wildman–Crippen LogP) is 0.617. The highest BCUT2D eigenvalue weighted by molar-refractivity contribution is 5.74. The molecule has 1 aromatic carbocycles. The number of benzene rings is 1. The molecule has 3 aromatic rings. The first kappa shape index (κ1) is 19.2. The smallest absolute Gasteiger partial charge is 0.394 e. The van der Waals surface area contributed by atoms with E-state index >= 15 is 0 Å². The van der Waals surface area contributed by atoms with Gasteiger partial charge in [-0.1, -0.05) is 0 Å². The highest BCUT2D eigenvalue weighted by Gasteiger charge is 2.30. The summed E-state index contributed by atoms with van der Waals surface area (Å²) in [6, 6.07) is 4.15. The second-order valence-electron chi connectivity index (χ2n) is 6.03. The molecule has 2 heterocycles. The maximum atomic E-state index is 12.6. The molecule has 0 atom stereocenters. The largest absolute Gasteiger partial charge is 0.416 e. The van der Waals surface area contributed by atoms with Crippen molar-refractivity contribution in [1.29, 1.82) is 0 Å². The number of halogens is 3. The molecule has 5 N–H and O–H groups in total. The molecule has 0 unspecified atom stereocenters. The number of hydrazine groups is 1. The van der Waals surface area contributed by atoms with Gasteiger partial charge >= 0.3 is 11.9 Å². The average Bonchev–Trinajstić information content (AvgIpc) is 3.10. The fourth-order valence-electron chi connectivity index (χ4n) is 2.57. The zero-order chi connectivity index (χ0) is 20.8. The van der Waals surface area contributed by atoms with Crippen molar-refractivity contribution in [2.24, 2.45) is 25.7 Å². The number of nitrogens with zero attached hydrogens (tertiary/aromatic N) is 4. The minimum Gasteiger partial charge on any atom is -0.394 e. The van der Waals surface area contributed by atoms with Gasteiger partial charge in [0.25, 0.3) is 5.56 Å². The summed E-state index contributed by atoms with van der Waals surface area (Å²) in [7, 11) is 2.78. The minimum absolute atomic E-state index is 0.00750. The van der Waals surface area contributed by atoms with E-state index in [0.29, 0.717) is 0 Å². The molecule has 148 valence electrons. The van der Waals surface area contributed by atoms with Gasteiger partial charge in [0, 0.05) is 20.3 Å². The Kier molecular flexibility index (Phi) is 4.51. The molecule has 0 radical (unpaired) electrons. The van der Waals surface area contributed by atoms with Crippen LogP contribution in [0.5, 0.6) is 0 Å². The normalized spacial score (nSPS) is 12.6. The Morgan fingerprint density at radius 2 is 1.79 bits per heavy atom. The summed E-state index contributed by atoms with van der Waals surface area (Å²) < 4.78 is 40.0. The van der Waals surface area contributed by atoms with Gasteiger partial charge in [-0.3, -0.25) is 18.9 Å². The van der Waals surface area contributed by atoms with Crippen LogP contribution >= 0.6 is 0 Å². The van der Waals surface area contributed by atoms with E-state index in [0.717, 1.165) is 21.7 Å². The van der Waals surface area contributed by atoms with Crippen LogP contribution in [0.4, 0.5) is 18.9 Å². The number of alkyl halides is 3. The number of aromatic nitrogens is 4. The lowest BCUT2D eigenvalue weighted by molar-refractivity contribution is -0.137. The minimum atomic E-state index is -4.46. The summed E-state index contributed by atoms with van der Waals surface area (Å²) in [5.41, 5.74) is 4.45. The van der Waals surface area contributed by atoms with Crippen LogP contribution in [0.15, 0.2) is 40.1 Å². The Labute approximate surface area is 155 Å². The topological polar surface area (TPSA) is 128 Å². The summed E-state index contributed by atoms with van der Waals surface area (Å²) in [5, 5.41) is 1.01. The van der Waals surface area contributed by atoms with E-state index in [4.69, 9.17) is 11.6 Å². The van der Waals surface area contributed by atoms with Crippen molar-refractivity contribution in [3.8, 4) is 0 Å². The van der Waals surface area contributed by atoms with Crippen molar-refractivity contribution in [3.05, 3.63) is 62.7 Å². The van der Waals surface area contributed by atoms with Gasteiger partial charge in [-0.05, 0) is 24.3 Å².